The lowest BCUT2D eigenvalue weighted by atomic mass is 10.2. The molecular weight excluding hydrogens is 272 g/mol. The van der Waals surface area contributed by atoms with Crippen molar-refractivity contribution >= 4 is 29.1 Å². The van der Waals surface area contributed by atoms with Gasteiger partial charge in [0.1, 0.15) is 0 Å². The molecule has 0 aromatic heterocycles. The first-order valence-electron chi connectivity index (χ1n) is 5.94. The van der Waals surface area contributed by atoms with Crippen LogP contribution in [0.15, 0.2) is 70.6 Å². The highest BCUT2D eigenvalue weighted by Crippen LogP contribution is 2.15. The molecule has 0 aliphatic rings. The molecule has 0 bridgehead atoms. The van der Waals surface area contributed by atoms with E-state index in [2.05, 4.69) is 9.28 Å². The van der Waals surface area contributed by atoms with Crippen LogP contribution in [-0.4, -0.2) is 10.4 Å². The zero-order chi connectivity index (χ0) is 14.2. The molecule has 5 heteroatoms. The van der Waals surface area contributed by atoms with Crippen LogP contribution in [0.5, 0.6) is 0 Å². The summed E-state index contributed by atoms with van der Waals surface area (Å²) in [7, 11) is 0. The van der Waals surface area contributed by atoms with Crippen molar-refractivity contribution in [1.29, 1.82) is 0 Å². The second-order valence-electron chi connectivity index (χ2n) is 3.87. The maximum absolute atomic E-state index is 11.3. The van der Waals surface area contributed by atoms with Crippen molar-refractivity contribution in [3.8, 4) is 0 Å². The molecule has 0 saturated carbocycles. The van der Waals surface area contributed by atoms with E-state index in [9.17, 15) is 4.21 Å². The largest absolute Gasteiger partial charge is 0.257 e. The maximum Gasteiger partial charge on any atom is 0.206 e. The number of aliphatic imine (C=N–C) groups is 1. The van der Waals surface area contributed by atoms with Gasteiger partial charge in [-0.25, -0.2) is 4.21 Å². The molecule has 2 rings (SSSR count). The third-order valence-corrected chi connectivity index (χ3v) is 3.35. The summed E-state index contributed by atoms with van der Waals surface area (Å²) < 4.78 is 15.5. The third kappa shape index (κ3) is 4.24. The van der Waals surface area contributed by atoms with Crippen molar-refractivity contribution in [3.63, 3.8) is 0 Å². The van der Waals surface area contributed by atoms with Gasteiger partial charge < -0.3 is 0 Å². The lowest BCUT2D eigenvalue weighted by Gasteiger charge is -1.98. The topological polar surface area (TPSA) is 64.7 Å². The highest BCUT2D eigenvalue weighted by molar-refractivity contribution is 7.80. The van der Waals surface area contributed by atoms with Gasteiger partial charge >= 0.3 is 0 Å². The summed E-state index contributed by atoms with van der Waals surface area (Å²) in [6.45, 7) is 0. The minimum Gasteiger partial charge on any atom is -0.257 e. The van der Waals surface area contributed by atoms with Crippen LogP contribution in [0, 0.1) is 0 Å². The van der Waals surface area contributed by atoms with E-state index in [0.29, 0.717) is 4.90 Å². The molecule has 0 saturated heterocycles. The van der Waals surface area contributed by atoms with Gasteiger partial charge in [-0.15, -0.1) is 0 Å². The molecule has 0 amide bonds. The summed E-state index contributed by atoms with van der Waals surface area (Å²) in [4.78, 5) is 4.77. The highest BCUT2D eigenvalue weighted by atomic mass is 32.2. The molecule has 2 aromatic rings. The second kappa shape index (κ2) is 7.49. The van der Waals surface area contributed by atoms with Crippen molar-refractivity contribution in [2.24, 2.45) is 10.9 Å². The molecule has 0 fully saturated rings. The van der Waals surface area contributed by atoms with E-state index >= 15 is 0 Å². The number of benzene rings is 2. The Labute approximate surface area is 120 Å². The SMILES string of the molecule is NO[S@](=O)c1ccc(N=C/C=C\c2ccccc2)cc1. The Balaban J connectivity index is 1.98. The Morgan fingerprint density at radius 2 is 1.75 bits per heavy atom. The smallest absolute Gasteiger partial charge is 0.206 e. The summed E-state index contributed by atoms with van der Waals surface area (Å²) in [5, 5.41) is 0. The minimum absolute atomic E-state index is 0.506. The van der Waals surface area contributed by atoms with E-state index < -0.39 is 11.1 Å². The lowest BCUT2D eigenvalue weighted by Crippen LogP contribution is -2.02. The number of rotatable bonds is 5. The first-order chi connectivity index (χ1) is 9.79. The number of hydrogen-bond acceptors (Lipinski definition) is 4. The first-order valence-corrected chi connectivity index (χ1v) is 7.02. The van der Waals surface area contributed by atoms with Crippen molar-refractivity contribution in [3.05, 3.63) is 66.2 Å². The van der Waals surface area contributed by atoms with Gasteiger partial charge in [-0.3, -0.25) is 4.99 Å². The maximum atomic E-state index is 11.3. The fourth-order valence-corrected chi connectivity index (χ4v) is 2.02. The average Bonchev–Trinajstić information content (AvgIpc) is 2.52. The fraction of sp³-hybridized carbons (Fsp3) is 0. The van der Waals surface area contributed by atoms with E-state index in [1.807, 2.05) is 42.5 Å². The molecule has 2 aromatic carbocycles. The molecular formula is C15H14N2O2S. The predicted octanol–water partition coefficient (Wildman–Crippen LogP) is 3.02. The Kier molecular flexibility index (Phi) is 5.37. The van der Waals surface area contributed by atoms with Gasteiger partial charge in [0.2, 0.25) is 11.1 Å². The Morgan fingerprint density at radius 1 is 1.05 bits per heavy atom. The van der Waals surface area contributed by atoms with Crippen LogP contribution < -0.4 is 5.90 Å². The molecule has 102 valence electrons. The molecule has 0 heterocycles. The highest BCUT2D eigenvalue weighted by Gasteiger charge is 2.01. The molecule has 0 unspecified atom stereocenters. The summed E-state index contributed by atoms with van der Waals surface area (Å²) in [5.41, 5.74) is 1.88. The van der Waals surface area contributed by atoms with Crippen molar-refractivity contribution < 1.29 is 8.49 Å². The van der Waals surface area contributed by atoms with Crippen molar-refractivity contribution in [2.45, 2.75) is 4.90 Å². The molecule has 20 heavy (non-hydrogen) atoms. The van der Waals surface area contributed by atoms with Crippen LogP contribution in [0.4, 0.5) is 5.69 Å². The molecule has 0 spiro atoms. The van der Waals surface area contributed by atoms with E-state index in [1.165, 1.54) is 0 Å². The number of nitrogens with zero attached hydrogens (tertiary/aromatic N) is 1. The summed E-state index contributed by atoms with van der Waals surface area (Å²) in [6.07, 6.45) is 5.54. The Hall–Kier alpha value is -2.08. The van der Waals surface area contributed by atoms with Gasteiger partial charge in [0, 0.05) is 6.21 Å². The molecule has 0 radical (unpaired) electrons. The van der Waals surface area contributed by atoms with Crippen LogP contribution in [0.2, 0.25) is 0 Å². The lowest BCUT2D eigenvalue weighted by molar-refractivity contribution is 0.367. The molecule has 0 aliphatic carbocycles. The van der Waals surface area contributed by atoms with E-state index in [0.717, 1.165) is 11.3 Å². The van der Waals surface area contributed by atoms with Crippen molar-refractivity contribution in [2.75, 3.05) is 0 Å². The summed E-state index contributed by atoms with van der Waals surface area (Å²) in [6, 6.07) is 16.8. The van der Waals surface area contributed by atoms with Crippen LogP contribution in [0.25, 0.3) is 6.08 Å². The minimum atomic E-state index is -1.62. The Bertz CT molecular complexity index is 622. The number of hydrogen-bond donors (Lipinski definition) is 1. The Morgan fingerprint density at radius 3 is 2.40 bits per heavy atom. The molecule has 1 atom stereocenters. The van der Waals surface area contributed by atoms with E-state index in [-0.39, 0.29) is 0 Å². The quantitative estimate of drug-likeness (QED) is 0.678. The standard InChI is InChI=1S/C15H14N2O2S/c16-19-20(18)15-10-8-14(9-11-15)17-12-4-7-13-5-2-1-3-6-13/h1-12H,16H2/b7-4-,17-12?/t20-/m0/s1. The van der Waals surface area contributed by atoms with Gasteiger partial charge in [-0.05, 0) is 35.9 Å². The number of allylic oxidation sites excluding steroid dienone is 1. The van der Waals surface area contributed by atoms with Gasteiger partial charge in [-0.1, -0.05) is 36.4 Å². The zero-order valence-corrected chi connectivity index (χ0v) is 11.5. The van der Waals surface area contributed by atoms with E-state index in [4.69, 9.17) is 5.90 Å². The van der Waals surface area contributed by atoms with Crippen molar-refractivity contribution in [1.82, 2.24) is 0 Å². The van der Waals surface area contributed by atoms with Crippen LogP contribution in [0.3, 0.4) is 0 Å². The summed E-state index contributed by atoms with van der Waals surface area (Å²) in [5.74, 6) is 4.86. The molecule has 4 nitrogen and oxygen atoms in total. The normalized spacial score (nSPS) is 13.1. The predicted molar refractivity (Wildman–Crippen MR) is 81.8 cm³/mol. The summed E-state index contributed by atoms with van der Waals surface area (Å²) >= 11 is -1.62. The first kappa shape index (κ1) is 14.3. The molecule has 2 N–H and O–H groups in total. The third-order valence-electron chi connectivity index (χ3n) is 2.51. The van der Waals surface area contributed by atoms with Crippen LogP contribution in [0.1, 0.15) is 5.56 Å². The van der Waals surface area contributed by atoms with Crippen LogP contribution >= 0.6 is 0 Å². The van der Waals surface area contributed by atoms with Gasteiger partial charge in [0.05, 0.1) is 10.6 Å². The van der Waals surface area contributed by atoms with Gasteiger partial charge in [-0.2, -0.15) is 10.2 Å². The fourth-order valence-electron chi connectivity index (χ4n) is 1.55. The second-order valence-corrected chi connectivity index (χ2v) is 5.01. The average molecular weight is 286 g/mol. The molecule has 0 aliphatic heterocycles. The zero-order valence-electron chi connectivity index (χ0n) is 10.7. The van der Waals surface area contributed by atoms with Crippen LogP contribution in [-0.2, 0) is 15.4 Å². The number of nitrogens with two attached hydrogens (primary N) is 1. The monoisotopic (exact) mass is 286 g/mol. The van der Waals surface area contributed by atoms with E-state index in [1.54, 1.807) is 30.5 Å². The van der Waals surface area contributed by atoms with Gasteiger partial charge in [0.25, 0.3) is 0 Å². The van der Waals surface area contributed by atoms with Gasteiger partial charge in [0.15, 0.2) is 0 Å².